The minimum absolute atomic E-state index is 0.0737. The molecule has 1 aromatic heterocycles. The Morgan fingerprint density at radius 2 is 2.32 bits per heavy atom. The summed E-state index contributed by atoms with van der Waals surface area (Å²) in [7, 11) is -2.03. The van der Waals surface area contributed by atoms with Gasteiger partial charge in [-0.25, -0.2) is 13.1 Å². The fraction of sp³-hybridized carbons (Fsp3) is 0.357. The summed E-state index contributed by atoms with van der Waals surface area (Å²) >= 11 is 0. The van der Waals surface area contributed by atoms with E-state index in [1.54, 1.807) is 19.2 Å². The molecule has 0 saturated carbocycles. The molecule has 7 nitrogen and oxygen atoms in total. The van der Waals surface area contributed by atoms with Crippen LogP contribution in [0.4, 0.5) is 0 Å². The summed E-state index contributed by atoms with van der Waals surface area (Å²) in [6, 6.07) is 5.40. The van der Waals surface area contributed by atoms with E-state index in [1.807, 2.05) is 6.07 Å². The first-order valence-electron chi connectivity index (χ1n) is 6.88. The third kappa shape index (κ3) is 2.99. The van der Waals surface area contributed by atoms with Crippen molar-refractivity contribution < 1.29 is 18.3 Å². The molecule has 2 N–H and O–H groups in total. The van der Waals surface area contributed by atoms with Gasteiger partial charge in [-0.2, -0.15) is 5.10 Å². The van der Waals surface area contributed by atoms with Crippen LogP contribution in [0, 0.1) is 0 Å². The van der Waals surface area contributed by atoms with Gasteiger partial charge in [-0.1, -0.05) is 6.07 Å². The summed E-state index contributed by atoms with van der Waals surface area (Å²) in [6.07, 6.45) is 2.55. The summed E-state index contributed by atoms with van der Waals surface area (Å²) in [5, 5.41) is 14.0. The first-order valence-corrected chi connectivity index (χ1v) is 8.36. The number of nitrogens with one attached hydrogen (secondary N) is 1. The lowest BCUT2D eigenvalue weighted by Crippen LogP contribution is -2.28. The second-order valence-corrected chi connectivity index (χ2v) is 6.95. The molecule has 0 radical (unpaired) electrons. The van der Waals surface area contributed by atoms with Crippen LogP contribution in [0.2, 0.25) is 0 Å². The van der Waals surface area contributed by atoms with Crippen molar-refractivity contribution in [1.82, 2.24) is 14.5 Å². The van der Waals surface area contributed by atoms with E-state index in [-0.39, 0.29) is 11.4 Å². The second kappa shape index (κ2) is 5.71. The van der Waals surface area contributed by atoms with Crippen molar-refractivity contribution in [1.29, 1.82) is 0 Å². The van der Waals surface area contributed by atoms with Crippen molar-refractivity contribution in [3.8, 4) is 5.75 Å². The van der Waals surface area contributed by atoms with Gasteiger partial charge in [-0.3, -0.25) is 4.68 Å². The number of sulfonamides is 1. The van der Waals surface area contributed by atoms with Crippen molar-refractivity contribution in [2.75, 3.05) is 13.2 Å². The summed E-state index contributed by atoms with van der Waals surface area (Å²) in [6.45, 7) is 0.541. The predicted octanol–water partition coefficient (Wildman–Crippen LogP) is 0.367. The smallest absolute Gasteiger partial charge is 0.243 e. The molecule has 1 aromatic carbocycles. The van der Waals surface area contributed by atoms with Crippen LogP contribution in [0.25, 0.3) is 0 Å². The number of aromatic nitrogens is 2. The van der Waals surface area contributed by atoms with Crippen LogP contribution in [0.15, 0.2) is 35.5 Å². The first-order chi connectivity index (χ1) is 10.5. The van der Waals surface area contributed by atoms with Crippen LogP contribution in [0.5, 0.6) is 5.75 Å². The standard InChI is InChI=1S/C14H17N3O4S/c1-17-9-12(7-15-17)22(19,20)16-8-13(18)10-2-3-14-11(6-10)4-5-21-14/h2-3,6-7,9,13,16,18H,4-5,8H2,1H3. The second-order valence-electron chi connectivity index (χ2n) is 5.18. The van der Waals surface area contributed by atoms with E-state index in [9.17, 15) is 13.5 Å². The molecular weight excluding hydrogens is 306 g/mol. The molecule has 0 aliphatic carbocycles. The van der Waals surface area contributed by atoms with E-state index in [4.69, 9.17) is 4.74 Å². The van der Waals surface area contributed by atoms with Crippen LogP contribution in [-0.2, 0) is 23.5 Å². The Hall–Kier alpha value is -1.90. The lowest BCUT2D eigenvalue weighted by molar-refractivity contribution is 0.182. The maximum Gasteiger partial charge on any atom is 0.243 e. The zero-order valence-electron chi connectivity index (χ0n) is 12.1. The van der Waals surface area contributed by atoms with Gasteiger partial charge < -0.3 is 9.84 Å². The molecule has 3 rings (SSSR count). The zero-order chi connectivity index (χ0) is 15.7. The van der Waals surface area contributed by atoms with Gasteiger partial charge in [0.25, 0.3) is 0 Å². The Balaban J connectivity index is 1.68. The zero-order valence-corrected chi connectivity index (χ0v) is 12.9. The van der Waals surface area contributed by atoms with E-state index in [0.29, 0.717) is 12.2 Å². The Kier molecular flexibility index (Phi) is 3.90. The fourth-order valence-electron chi connectivity index (χ4n) is 2.34. The van der Waals surface area contributed by atoms with E-state index < -0.39 is 16.1 Å². The molecule has 0 fully saturated rings. The van der Waals surface area contributed by atoms with Gasteiger partial charge in [0.1, 0.15) is 10.6 Å². The molecule has 1 unspecified atom stereocenters. The highest BCUT2D eigenvalue weighted by Crippen LogP contribution is 2.28. The Morgan fingerprint density at radius 3 is 3.05 bits per heavy atom. The SMILES string of the molecule is Cn1cc(S(=O)(=O)NCC(O)c2ccc3c(c2)CCO3)cn1. The Morgan fingerprint density at radius 1 is 1.50 bits per heavy atom. The van der Waals surface area contributed by atoms with Gasteiger partial charge in [0.15, 0.2) is 0 Å². The first kappa shape index (κ1) is 15.0. The fourth-order valence-corrected chi connectivity index (χ4v) is 3.36. The van der Waals surface area contributed by atoms with Crippen molar-refractivity contribution in [3.05, 3.63) is 41.7 Å². The Labute approximate surface area is 128 Å². The third-order valence-electron chi connectivity index (χ3n) is 3.56. The maximum atomic E-state index is 12.1. The third-order valence-corrected chi connectivity index (χ3v) is 4.93. The number of aryl methyl sites for hydroxylation is 1. The molecule has 22 heavy (non-hydrogen) atoms. The van der Waals surface area contributed by atoms with Gasteiger partial charge in [0, 0.05) is 26.2 Å². The number of aliphatic hydroxyl groups excluding tert-OH is 1. The highest BCUT2D eigenvalue weighted by Gasteiger charge is 2.20. The summed E-state index contributed by atoms with van der Waals surface area (Å²) in [5.74, 6) is 0.826. The molecule has 2 heterocycles. The van der Waals surface area contributed by atoms with Crippen LogP contribution in [-0.4, -0.2) is 36.5 Å². The van der Waals surface area contributed by atoms with Crippen LogP contribution in [0.3, 0.4) is 0 Å². The molecule has 2 aromatic rings. The average molecular weight is 323 g/mol. The number of hydrogen-bond acceptors (Lipinski definition) is 5. The molecule has 1 aliphatic rings. The molecule has 0 amide bonds. The van der Waals surface area contributed by atoms with Gasteiger partial charge >= 0.3 is 0 Å². The number of ether oxygens (including phenoxy) is 1. The molecule has 8 heteroatoms. The van der Waals surface area contributed by atoms with Crippen LogP contribution >= 0.6 is 0 Å². The summed E-state index contributed by atoms with van der Waals surface area (Å²) < 4.78 is 33.4. The number of nitrogens with zero attached hydrogens (tertiary/aromatic N) is 2. The largest absolute Gasteiger partial charge is 0.493 e. The molecule has 118 valence electrons. The van der Waals surface area contributed by atoms with Gasteiger partial charge in [0.05, 0.1) is 18.9 Å². The quantitative estimate of drug-likeness (QED) is 0.829. The highest BCUT2D eigenvalue weighted by molar-refractivity contribution is 7.89. The topological polar surface area (TPSA) is 93.5 Å². The number of rotatable bonds is 5. The minimum Gasteiger partial charge on any atom is -0.493 e. The number of aliphatic hydroxyl groups is 1. The Bertz CT molecular complexity index is 785. The summed E-state index contributed by atoms with van der Waals surface area (Å²) in [5.41, 5.74) is 1.70. The van der Waals surface area contributed by atoms with Crippen molar-refractivity contribution in [2.24, 2.45) is 7.05 Å². The van der Waals surface area contributed by atoms with Crippen LogP contribution in [0.1, 0.15) is 17.2 Å². The molecule has 0 bridgehead atoms. The van der Waals surface area contributed by atoms with E-state index in [0.717, 1.165) is 17.7 Å². The van der Waals surface area contributed by atoms with Crippen LogP contribution < -0.4 is 9.46 Å². The molecule has 1 aliphatic heterocycles. The molecule has 1 atom stereocenters. The normalized spacial score (nSPS) is 15.4. The lowest BCUT2D eigenvalue weighted by atomic mass is 10.0. The lowest BCUT2D eigenvalue weighted by Gasteiger charge is -2.13. The van der Waals surface area contributed by atoms with Crippen molar-refractivity contribution in [2.45, 2.75) is 17.4 Å². The molecule has 0 spiro atoms. The van der Waals surface area contributed by atoms with E-state index in [2.05, 4.69) is 9.82 Å². The minimum atomic E-state index is -3.67. The number of fused-ring (bicyclic) bond motifs is 1. The van der Waals surface area contributed by atoms with Gasteiger partial charge in [-0.05, 0) is 23.3 Å². The van der Waals surface area contributed by atoms with Gasteiger partial charge in [0.2, 0.25) is 10.0 Å². The molecule has 0 saturated heterocycles. The number of benzene rings is 1. The van der Waals surface area contributed by atoms with Gasteiger partial charge in [-0.15, -0.1) is 0 Å². The maximum absolute atomic E-state index is 12.1. The van der Waals surface area contributed by atoms with Crippen molar-refractivity contribution in [3.63, 3.8) is 0 Å². The highest BCUT2D eigenvalue weighted by atomic mass is 32.2. The van der Waals surface area contributed by atoms with Crippen molar-refractivity contribution >= 4 is 10.0 Å². The predicted molar refractivity (Wildman–Crippen MR) is 79.0 cm³/mol. The van der Waals surface area contributed by atoms with E-state index in [1.165, 1.54) is 17.1 Å². The molecular formula is C14H17N3O4S. The summed E-state index contributed by atoms with van der Waals surface area (Å²) in [4.78, 5) is 0.0737. The van der Waals surface area contributed by atoms with E-state index >= 15 is 0 Å². The monoisotopic (exact) mass is 323 g/mol. The number of hydrogen-bond donors (Lipinski definition) is 2. The average Bonchev–Trinajstić information content (AvgIpc) is 3.12.